The monoisotopic (exact) mass is 456 g/mol. The zero-order chi connectivity index (χ0) is 21.7. The maximum Gasteiger partial charge on any atom is 0.167 e. The quantitative estimate of drug-likeness (QED) is 0.459. The van der Waals surface area contributed by atoms with Gasteiger partial charge in [0.25, 0.3) is 0 Å². The van der Waals surface area contributed by atoms with Gasteiger partial charge in [0.15, 0.2) is 5.65 Å². The molecule has 0 radical (unpaired) electrons. The highest BCUT2D eigenvalue weighted by atomic mass is 32.2. The second-order valence-electron chi connectivity index (χ2n) is 7.73. The van der Waals surface area contributed by atoms with Crippen LogP contribution in [0.2, 0.25) is 0 Å². The Morgan fingerprint density at radius 3 is 2.77 bits per heavy atom. The molecule has 0 aliphatic carbocycles. The molecule has 11 heteroatoms. The zero-order valence-electron chi connectivity index (χ0n) is 17.6. The number of thiophene rings is 1. The van der Waals surface area contributed by atoms with Crippen LogP contribution in [0.5, 0.6) is 0 Å². The van der Waals surface area contributed by atoms with E-state index in [1.54, 1.807) is 15.5 Å². The number of hydrogen-bond donors (Lipinski definition) is 2. The maximum atomic E-state index is 12.0. The second kappa shape index (κ2) is 7.74. The highest BCUT2D eigenvalue weighted by Crippen LogP contribution is 2.35. The molecule has 1 fully saturated rings. The molecule has 4 aromatic rings. The van der Waals surface area contributed by atoms with Gasteiger partial charge in [-0.25, -0.2) is 4.98 Å². The number of fused-ring (bicyclic) bond motifs is 1. The van der Waals surface area contributed by atoms with E-state index < -0.39 is 10.8 Å². The summed E-state index contributed by atoms with van der Waals surface area (Å²) in [5.41, 5.74) is 9.59. The molecule has 1 aliphatic rings. The third-order valence-electron chi connectivity index (χ3n) is 5.57. The van der Waals surface area contributed by atoms with Crippen molar-refractivity contribution in [3.05, 3.63) is 36.3 Å². The summed E-state index contributed by atoms with van der Waals surface area (Å²) in [6.07, 6.45) is 8.36. The van der Waals surface area contributed by atoms with Crippen molar-refractivity contribution >= 4 is 44.4 Å². The molecule has 1 aliphatic heterocycles. The lowest BCUT2D eigenvalue weighted by Crippen LogP contribution is -2.52. The summed E-state index contributed by atoms with van der Waals surface area (Å²) in [6, 6.07) is 4.32. The molecule has 162 valence electrons. The zero-order valence-corrected chi connectivity index (χ0v) is 19.2. The molecule has 1 saturated heterocycles. The van der Waals surface area contributed by atoms with Crippen LogP contribution in [0.1, 0.15) is 12.0 Å². The topological polar surface area (TPSA) is 106 Å². The van der Waals surface area contributed by atoms with Gasteiger partial charge in [0.05, 0.1) is 32.4 Å². The number of rotatable bonds is 6. The van der Waals surface area contributed by atoms with E-state index in [9.17, 15) is 4.21 Å². The minimum atomic E-state index is -1.02. The predicted molar refractivity (Wildman–Crippen MR) is 125 cm³/mol. The van der Waals surface area contributed by atoms with E-state index in [-0.39, 0.29) is 0 Å². The Balaban J connectivity index is 1.63. The van der Waals surface area contributed by atoms with Crippen LogP contribution in [0.15, 0.2) is 34.9 Å². The summed E-state index contributed by atoms with van der Waals surface area (Å²) in [4.78, 5) is 7.18. The third kappa shape index (κ3) is 3.52. The molecule has 5 rings (SSSR count). The van der Waals surface area contributed by atoms with Gasteiger partial charge in [0.2, 0.25) is 0 Å². The molecule has 2 atom stereocenters. The lowest BCUT2D eigenvalue weighted by atomic mass is 10.0. The SMILES string of the molecule is Cc1cc(Nc2cc(N3CCC3CN)nc3c(-c4cnn(C)c4)cnn23)sc1S(C)=O. The molecular formula is C20H24N8OS2. The Morgan fingerprint density at radius 1 is 1.32 bits per heavy atom. The van der Waals surface area contributed by atoms with Crippen molar-refractivity contribution in [3.8, 4) is 11.1 Å². The average Bonchev–Trinajstić information content (AvgIpc) is 3.39. The van der Waals surface area contributed by atoms with Crippen molar-refractivity contribution < 1.29 is 4.21 Å². The van der Waals surface area contributed by atoms with Gasteiger partial charge in [-0.1, -0.05) is 0 Å². The van der Waals surface area contributed by atoms with E-state index in [2.05, 4.69) is 20.4 Å². The first-order valence-electron chi connectivity index (χ1n) is 10.00. The number of hydrogen-bond acceptors (Lipinski definition) is 8. The molecule has 0 spiro atoms. The van der Waals surface area contributed by atoms with E-state index in [0.29, 0.717) is 12.6 Å². The fourth-order valence-electron chi connectivity index (χ4n) is 3.88. The van der Waals surface area contributed by atoms with Crippen molar-refractivity contribution in [2.24, 2.45) is 12.8 Å². The Morgan fingerprint density at radius 2 is 2.16 bits per heavy atom. The van der Waals surface area contributed by atoms with E-state index >= 15 is 0 Å². The Kier molecular flexibility index (Phi) is 5.03. The molecule has 5 heterocycles. The van der Waals surface area contributed by atoms with Gasteiger partial charge in [0, 0.05) is 55.8 Å². The average molecular weight is 457 g/mol. The molecule has 0 amide bonds. The highest BCUT2D eigenvalue weighted by molar-refractivity contribution is 7.86. The van der Waals surface area contributed by atoms with Crippen molar-refractivity contribution in [3.63, 3.8) is 0 Å². The lowest BCUT2D eigenvalue weighted by molar-refractivity contribution is 0.452. The summed E-state index contributed by atoms with van der Waals surface area (Å²) in [6.45, 7) is 3.50. The van der Waals surface area contributed by atoms with Gasteiger partial charge < -0.3 is 16.0 Å². The second-order valence-corrected chi connectivity index (χ2v) is 10.4. The number of aromatic nitrogens is 5. The molecule has 0 aromatic carbocycles. The largest absolute Gasteiger partial charge is 0.352 e. The standard InChI is InChI=1S/C20H24N8OS2/c1-12-6-18(30-20(12)31(3)29)24-17-7-16(27-5-4-14(27)8-21)25-19-15(10-23-28(17)19)13-9-22-26(2)11-13/h6-7,9-11,14,24H,4-5,8,21H2,1-3H3. The van der Waals surface area contributed by atoms with Crippen LogP contribution in [-0.4, -0.2) is 54.0 Å². The van der Waals surface area contributed by atoms with Gasteiger partial charge in [-0.05, 0) is 25.0 Å². The normalized spacial score (nSPS) is 17.2. The Labute approximate surface area is 186 Å². The minimum Gasteiger partial charge on any atom is -0.352 e. The molecule has 31 heavy (non-hydrogen) atoms. The van der Waals surface area contributed by atoms with Crippen molar-refractivity contribution in [2.45, 2.75) is 23.6 Å². The first kappa shape index (κ1) is 20.2. The molecule has 2 unspecified atom stereocenters. The summed E-state index contributed by atoms with van der Waals surface area (Å²) in [5.74, 6) is 1.67. The van der Waals surface area contributed by atoms with Crippen LogP contribution in [0.3, 0.4) is 0 Å². The fourth-order valence-corrected chi connectivity index (χ4v) is 5.94. The summed E-state index contributed by atoms with van der Waals surface area (Å²) >= 11 is 1.50. The first-order chi connectivity index (χ1) is 14.9. The summed E-state index contributed by atoms with van der Waals surface area (Å²) in [7, 11) is 0.869. The van der Waals surface area contributed by atoms with Crippen LogP contribution < -0.4 is 16.0 Å². The van der Waals surface area contributed by atoms with Crippen molar-refractivity contribution in [1.29, 1.82) is 0 Å². The van der Waals surface area contributed by atoms with Gasteiger partial charge >= 0.3 is 0 Å². The minimum absolute atomic E-state index is 0.297. The number of nitrogens with two attached hydrogens (primary N) is 1. The van der Waals surface area contributed by atoms with E-state index in [0.717, 1.165) is 56.1 Å². The van der Waals surface area contributed by atoms with Gasteiger partial charge in [0.1, 0.15) is 11.6 Å². The van der Waals surface area contributed by atoms with E-state index in [1.165, 1.54) is 11.3 Å². The molecular weight excluding hydrogens is 432 g/mol. The maximum absolute atomic E-state index is 12.0. The van der Waals surface area contributed by atoms with E-state index in [1.807, 2.05) is 44.7 Å². The van der Waals surface area contributed by atoms with Crippen LogP contribution in [0.4, 0.5) is 16.6 Å². The number of nitrogens with one attached hydrogen (secondary N) is 1. The van der Waals surface area contributed by atoms with Crippen LogP contribution in [0.25, 0.3) is 16.8 Å². The highest BCUT2D eigenvalue weighted by Gasteiger charge is 2.29. The number of anilines is 3. The lowest BCUT2D eigenvalue weighted by Gasteiger charge is -2.41. The number of aryl methyl sites for hydroxylation is 2. The van der Waals surface area contributed by atoms with Crippen molar-refractivity contribution in [1.82, 2.24) is 24.4 Å². The molecule has 0 bridgehead atoms. The Bertz CT molecular complexity index is 1290. The first-order valence-corrected chi connectivity index (χ1v) is 12.4. The number of nitrogens with zero attached hydrogens (tertiary/aromatic N) is 6. The van der Waals surface area contributed by atoms with Gasteiger partial charge in [-0.2, -0.15) is 14.7 Å². The Hall–Kier alpha value is -2.76. The van der Waals surface area contributed by atoms with Crippen LogP contribution >= 0.6 is 11.3 Å². The third-order valence-corrected chi connectivity index (χ3v) is 8.31. The smallest absolute Gasteiger partial charge is 0.167 e. The van der Waals surface area contributed by atoms with Gasteiger partial charge in [-0.15, -0.1) is 11.3 Å². The molecule has 3 N–H and O–H groups in total. The van der Waals surface area contributed by atoms with Crippen LogP contribution in [0, 0.1) is 6.92 Å². The summed E-state index contributed by atoms with van der Waals surface area (Å²) in [5, 5.41) is 13.3. The molecule has 0 saturated carbocycles. The van der Waals surface area contributed by atoms with E-state index in [4.69, 9.17) is 10.7 Å². The molecule has 9 nitrogen and oxygen atoms in total. The van der Waals surface area contributed by atoms with Gasteiger partial charge in [-0.3, -0.25) is 8.89 Å². The summed E-state index contributed by atoms with van der Waals surface area (Å²) < 4.78 is 16.4. The predicted octanol–water partition coefficient (Wildman–Crippen LogP) is 2.52. The van der Waals surface area contributed by atoms with Crippen molar-refractivity contribution in [2.75, 3.05) is 29.6 Å². The van der Waals surface area contributed by atoms with Crippen LogP contribution in [-0.2, 0) is 17.8 Å². The molecule has 4 aromatic heterocycles. The fraction of sp³-hybridized carbons (Fsp3) is 0.350.